The van der Waals surface area contributed by atoms with Crippen molar-refractivity contribution in [3.63, 3.8) is 0 Å². The maximum absolute atomic E-state index is 12.9. The maximum atomic E-state index is 12.9. The lowest BCUT2D eigenvalue weighted by Gasteiger charge is -2.32. The summed E-state index contributed by atoms with van der Waals surface area (Å²) in [6.45, 7) is 7.94. The highest BCUT2D eigenvalue weighted by Crippen LogP contribution is 2.36. The highest BCUT2D eigenvalue weighted by Gasteiger charge is 2.51. The summed E-state index contributed by atoms with van der Waals surface area (Å²) < 4.78 is 40.6. The molecule has 3 aromatic carbocycles. The number of benzene rings is 3. The fourth-order valence-corrected chi connectivity index (χ4v) is 4.38. The number of sulfonamides is 1. The second-order valence-electron chi connectivity index (χ2n) is 8.29. The van der Waals surface area contributed by atoms with Crippen LogP contribution in [0.4, 0.5) is 5.69 Å². The van der Waals surface area contributed by atoms with Crippen molar-refractivity contribution < 1.29 is 17.7 Å². The molecule has 0 bridgehead atoms. The Morgan fingerprint density at radius 1 is 0.793 bits per heavy atom. The van der Waals surface area contributed by atoms with Gasteiger partial charge in [0.05, 0.1) is 21.8 Å². The fraction of sp³-hybridized carbons (Fsp3) is 0.273. The van der Waals surface area contributed by atoms with Crippen LogP contribution in [-0.4, -0.2) is 26.7 Å². The molecular weight excluding hydrogens is 385 g/mol. The molecule has 5 nitrogen and oxygen atoms in total. The van der Waals surface area contributed by atoms with Crippen molar-refractivity contribution in [3.05, 3.63) is 66.7 Å². The van der Waals surface area contributed by atoms with Crippen LogP contribution in [0.1, 0.15) is 27.7 Å². The van der Waals surface area contributed by atoms with Crippen LogP contribution >= 0.6 is 0 Å². The zero-order valence-corrected chi connectivity index (χ0v) is 17.8. The highest BCUT2D eigenvalue weighted by molar-refractivity contribution is 7.92. The largest absolute Gasteiger partial charge is 0.494 e. The van der Waals surface area contributed by atoms with Crippen molar-refractivity contribution in [3.8, 4) is 0 Å². The SMILES string of the molecule is CC1(C)OB(c2ccc(S(=O)(=O)Nc3cccc4ccccc34)cc2)OC1(C)C. The number of nitrogens with one attached hydrogen (secondary N) is 1. The third-order valence-corrected chi connectivity index (χ3v) is 7.13. The monoisotopic (exact) mass is 409 g/mol. The molecular formula is C22H24BNO4S. The van der Waals surface area contributed by atoms with E-state index in [9.17, 15) is 8.42 Å². The average molecular weight is 409 g/mol. The lowest BCUT2D eigenvalue weighted by Crippen LogP contribution is -2.41. The van der Waals surface area contributed by atoms with Crippen LogP contribution in [0.3, 0.4) is 0 Å². The van der Waals surface area contributed by atoms with E-state index in [0.717, 1.165) is 16.2 Å². The minimum atomic E-state index is -3.72. The molecule has 0 spiro atoms. The molecule has 0 atom stereocenters. The summed E-state index contributed by atoms with van der Waals surface area (Å²) in [5.74, 6) is 0. The van der Waals surface area contributed by atoms with E-state index >= 15 is 0 Å². The molecule has 1 saturated heterocycles. The average Bonchev–Trinajstić information content (AvgIpc) is 2.89. The summed E-state index contributed by atoms with van der Waals surface area (Å²) >= 11 is 0. The van der Waals surface area contributed by atoms with E-state index in [-0.39, 0.29) is 4.90 Å². The molecule has 0 saturated carbocycles. The van der Waals surface area contributed by atoms with E-state index in [2.05, 4.69) is 4.72 Å². The van der Waals surface area contributed by atoms with E-state index in [1.807, 2.05) is 64.1 Å². The van der Waals surface area contributed by atoms with Crippen LogP contribution < -0.4 is 10.2 Å². The first-order valence-electron chi connectivity index (χ1n) is 9.55. The van der Waals surface area contributed by atoms with Gasteiger partial charge in [0, 0.05) is 5.39 Å². The molecule has 1 fully saturated rings. The molecule has 1 N–H and O–H groups in total. The molecule has 7 heteroatoms. The fourth-order valence-electron chi connectivity index (χ4n) is 3.30. The van der Waals surface area contributed by atoms with Gasteiger partial charge in [0.2, 0.25) is 0 Å². The smallest absolute Gasteiger partial charge is 0.399 e. The molecule has 4 rings (SSSR count). The molecule has 1 heterocycles. The molecule has 3 aromatic rings. The summed E-state index contributed by atoms with van der Waals surface area (Å²) in [4.78, 5) is 0.186. The van der Waals surface area contributed by atoms with Gasteiger partial charge in [-0.2, -0.15) is 0 Å². The standard InChI is InChI=1S/C22H24BNO4S/c1-21(2)22(3,4)28-23(27-21)17-12-14-18(15-13-17)29(25,26)24-20-11-7-9-16-8-5-6-10-19(16)20/h5-15,24H,1-4H3. The second-order valence-corrected chi connectivity index (χ2v) is 9.97. The number of hydrogen-bond acceptors (Lipinski definition) is 4. The van der Waals surface area contributed by atoms with Crippen molar-refractivity contribution in [1.82, 2.24) is 0 Å². The Kier molecular flexibility index (Phi) is 4.72. The van der Waals surface area contributed by atoms with Crippen LogP contribution in [0.25, 0.3) is 10.8 Å². The van der Waals surface area contributed by atoms with Gasteiger partial charge >= 0.3 is 7.12 Å². The Morgan fingerprint density at radius 2 is 1.38 bits per heavy atom. The Balaban J connectivity index is 1.59. The van der Waals surface area contributed by atoms with E-state index < -0.39 is 28.3 Å². The first kappa shape index (κ1) is 19.9. The first-order chi connectivity index (χ1) is 13.6. The second kappa shape index (κ2) is 6.87. The Hall–Kier alpha value is -2.35. The van der Waals surface area contributed by atoms with Crippen molar-refractivity contribution in [2.24, 2.45) is 0 Å². The van der Waals surface area contributed by atoms with Crippen LogP contribution in [-0.2, 0) is 19.3 Å². The number of fused-ring (bicyclic) bond motifs is 1. The minimum Gasteiger partial charge on any atom is -0.399 e. The van der Waals surface area contributed by atoms with E-state index in [0.29, 0.717) is 5.69 Å². The Labute approximate surface area is 172 Å². The van der Waals surface area contributed by atoms with Crippen molar-refractivity contribution >= 4 is 39.1 Å². The highest BCUT2D eigenvalue weighted by atomic mass is 32.2. The zero-order chi connectivity index (χ0) is 20.9. The maximum Gasteiger partial charge on any atom is 0.494 e. The summed E-state index contributed by atoms with van der Waals surface area (Å²) in [6.07, 6.45) is 0. The van der Waals surface area contributed by atoms with Gasteiger partial charge in [-0.3, -0.25) is 4.72 Å². The van der Waals surface area contributed by atoms with Gasteiger partial charge in [0.25, 0.3) is 10.0 Å². The summed E-state index contributed by atoms with van der Waals surface area (Å²) in [6, 6.07) is 19.8. The molecule has 0 aliphatic carbocycles. The molecule has 1 aliphatic heterocycles. The summed E-state index contributed by atoms with van der Waals surface area (Å²) in [7, 11) is -4.25. The Morgan fingerprint density at radius 3 is 2.03 bits per heavy atom. The number of hydrogen-bond donors (Lipinski definition) is 1. The van der Waals surface area contributed by atoms with Gasteiger partial charge in [-0.15, -0.1) is 0 Å². The normalized spacial score (nSPS) is 18.1. The van der Waals surface area contributed by atoms with Crippen LogP contribution in [0, 0.1) is 0 Å². The molecule has 0 unspecified atom stereocenters. The predicted molar refractivity (Wildman–Crippen MR) is 117 cm³/mol. The number of rotatable bonds is 4. The van der Waals surface area contributed by atoms with Gasteiger partial charge in [0.15, 0.2) is 0 Å². The molecule has 150 valence electrons. The molecule has 29 heavy (non-hydrogen) atoms. The van der Waals surface area contributed by atoms with Gasteiger partial charge in [-0.25, -0.2) is 8.42 Å². The molecule has 1 aliphatic rings. The van der Waals surface area contributed by atoms with Gasteiger partial charge < -0.3 is 9.31 Å². The topological polar surface area (TPSA) is 64.6 Å². The van der Waals surface area contributed by atoms with Crippen molar-refractivity contribution in [2.75, 3.05) is 4.72 Å². The van der Waals surface area contributed by atoms with Crippen LogP contribution in [0.5, 0.6) is 0 Å². The lowest BCUT2D eigenvalue weighted by molar-refractivity contribution is 0.00578. The molecule has 0 radical (unpaired) electrons. The van der Waals surface area contributed by atoms with E-state index in [1.54, 1.807) is 30.3 Å². The summed E-state index contributed by atoms with van der Waals surface area (Å²) in [5, 5.41) is 1.83. The van der Waals surface area contributed by atoms with Gasteiger partial charge in [-0.1, -0.05) is 48.5 Å². The Bertz CT molecular complexity index is 1140. The zero-order valence-electron chi connectivity index (χ0n) is 17.0. The molecule has 0 aromatic heterocycles. The first-order valence-corrected chi connectivity index (χ1v) is 11.0. The third-order valence-electron chi connectivity index (χ3n) is 5.75. The van der Waals surface area contributed by atoms with Crippen molar-refractivity contribution in [1.29, 1.82) is 0 Å². The van der Waals surface area contributed by atoms with E-state index in [4.69, 9.17) is 9.31 Å². The molecule has 0 amide bonds. The summed E-state index contributed by atoms with van der Waals surface area (Å²) in [5.41, 5.74) is 0.447. The van der Waals surface area contributed by atoms with Crippen LogP contribution in [0.15, 0.2) is 71.6 Å². The van der Waals surface area contributed by atoms with Crippen LogP contribution in [0.2, 0.25) is 0 Å². The number of anilines is 1. The van der Waals surface area contributed by atoms with E-state index in [1.165, 1.54) is 0 Å². The predicted octanol–water partition coefficient (Wildman–Crippen LogP) is 3.94. The third kappa shape index (κ3) is 3.66. The quantitative estimate of drug-likeness (QED) is 0.663. The van der Waals surface area contributed by atoms with Gasteiger partial charge in [-0.05, 0) is 56.7 Å². The van der Waals surface area contributed by atoms with Crippen molar-refractivity contribution in [2.45, 2.75) is 43.8 Å². The minimum absolute atomic E-state index is 0.186. The lowest BCUT2D eigenvalue weighted by atomic mass is 9.79. The van der Waals surface area contributed by atoms with Gasteiger partial charge in [0.1, 0.15) is 0 Å².